The number of carbonyl (C=O) groups excluding carboxylic acids is 1. The van der Waals surface area contributed by atoms with E-state index in [1.165, 1.54) is 11.3 Å². The summed E-state index contributed by atoms with van der Waals surface area (Å²) < 4.78 is 5.42. The van der Waals surface area contributed by atoms with Gasteiger partial charge in [0.1, 0.15) is 12.7 Å². The van der Waals surface area contributed by atoms with Crippen molar-refractivity contribution in [2.45, 2.75) is 26.0 Å². The van der Waals surface area contributed by atoms with Crippen LogP contribution in [-0.4, -0.2) is 43.4 Å². The highest BCUT2D eigenvalue weighted by Gasteiger charge is 2.10. The van der Waals surface area contributed by atoms with Crippen LogP contribution in [-0.2, 0) is 0 Å². The second-order valence-electron chi connectivity index (χ2n) is 4.23. The van der Waals surface area contributed by atoms with Gasteiger partial charge in [-0.3, -0.25) is 4.79 Å². The lowest BCUT2D eigenvalue weighted by molar-refractivity contribution is 0.0967. The fourth-order valence-corrected chi connectivity index (χ4v) is 2.06. The molecular formula is C12H20N2O3S. The molecule has 0 spiro atoms. The predicted molar refractivity (Wildman–Crippen MR) is 72.3 cm³/mol. The number of thiophene rings is 1. The highest BCUT2D eigenvalue weighted by molar-refractivity contribution is 7.15. The van der Waals surface area contributed by atoms with Gasteiger partial charge in [0.15, 0.2) is 5.06 Å². The molecule has 0 aromatic carbocycles. The van der Waals surface area contributed by atoms with Crippen molar-refractivity contribution >= 4 is 17.2 Å². The summed E-state index contributed by atoms with van der Waals surface area (Å²) in [6, 6.07) is 3.77. The van der Waals surface area contributed by atoms with Crippen LogP contribution >= 0.6 is 11.3 Å². The van der Waals surface area contributed by atoms with Crippen molar-refractivity contribution in [3.05, 3.63) is 17.0 Å². The molecule has 1 rings (SSSR count). The van der Waals surface area contributed by atoms with Crippen LogP contribution in [0.3, 0.4) is 0 Å². The van der Waals surface area contributed by atoms with Crippen molar-refractivity contribution in [2.75, 3.05) is 20.2 Å². The van der Waals surface area contributed by atoms with Crippen molar-refractivity contribution in [2.24, 2.45) is 0 Å². The van der Waals surface area contributed by atoms with Crippen LogP contribution < -0.4 is 15.4 Å². The summed E-state index contributed by atoms with van der Waals surface area (Å²) >= 11 is 1.27. The minimum atomic E-state index is -0.557. The van der Waals surface area contributed by atoms with Gasteiger partial charge >= 0.3 is 0 Å². The Morgan fingerprint density at radius 2 is 2.22 bits per heavy atom. The first kappa shape index (κ1) is 14.9. The Balaban J connectivity index is 2.34. The van der Waals surface area contributed by atoms with Gasteiger partial charge in [-0.15, -0.1) is 0 Å². The van der Waals surface area contributed by atoms with Gasteiger partial charge in [0.05, 0.1) is 4.88 Å². The first-order chi connectivity index (χ1) is 8.52. The molecule has 1 heterocycles. The Bertz CT molecular complexity index is 379. The molecule has 102 valence electrons. The highest BCUT2D eigenvalue weighted by atomic mass is 32.1. The molecule has 3 N–H and O–H groups in total. The molecule has 1 atom stereocenters. The van der Waals surface area contributed by atoms with E-state index in [0.717, 1.165) is 0 Å². The molecule has 1 aromatic heterocycles. The second-order valence-corrected chi connectivity index (χ2v) is 5.27. The lowest BCUT2D eigenvalue weighted by Crippen LogP contribution is -2.35. The lowest BCUT2D eigenvalue weighted by atomic mass is 10.3. The molecule has 6 heteroatoms. The summed E-state index contributed by atoms with van der Waals surface area (Å²) in [5.74, 6) is -0.128. The van der Waals surface area contributed by atoms with Crippen LogP contribution in [0.1, 0.15) is 23.5 Å². The van der Waals surface area contributed by atoms with E-state index in [9.17, 15) is 9.90 Å². The van der Waals surface area contributed by atoms with Gasteiger partial charge in [-0.1, -0.05) is 25.2 Å². The zero-order valence-corrected chi connectivity index (χ0v) is 11.7. The SMILES string of the molecule is CNC(=O)c1ccc(OCC(O)CNC(C)C)s1. The Morgan fingerprint density at radius 3 is 2.83 bits per heavy atom. The fraction of sp³-hybridized carbons (Fsp3) is 0.583. The van der Waals surface area contributed by atoms with E-state index in [1.54, 1.807) is 19.2 Å². The molecule has 1 aromatic rings. The Kier molecular flexibility index (Phi) is 6.11. The van der Waals surface area contributed by atoms with E-state index in [2.05, 4.69) is 10.6 Å². The molecule has 1 amide bonds. The molecule has 0 saturated heterocycles. The van der Waals surface area contributed by atoms with E-state index in [0.29, 0.717) is 22.5 Å². The van der Waals surface area contributed by atoms with Crippen LogP contribution in [0.15, 0.2) is 12.1 Å². The summed E-state index contributed by atoms with van der Waals surface area (Å²) in [4.78, 5) is 11.9. The number of nitrogens with one attached hydrogen (secondary N) is 2. The number of ether oxygens (including phenoxy) is 1. The Labute approximate surface area is 111 Å². The molecule has 0 saturated carbocycles. The largest absolute Gasteiger partial charge is 0.481 e. The summed E-state index contributed by atoms with van der Waals surface area (Å²) in [7, 11) is 1.59. The maximum Gasteiger partial charge on any atom is 0.261 e. The standard InChI is InChI=1S/C12H20N2O3S/c1-8(2)14-6-9(15)7-17-11-5-4-10(18-11)12(16)13-3/h4-5,8-9,14-15H,6-7H2,1-3H3,(H,13,16). The fourth-order valence-electron chi connectivity index (χ4n) is 1.25. The van der Waals surface area contributed by atoms with E-state index < -0.39 is 6.10 Å². The summed E-state index contributed by atoms with van der Waals surface area (Å²) in [6.45, 7) is 4.74. The van der Waals surface area contributed by atoms with Crippen molar-refractivity contribution in [1.82, 2.24) is 10.6 Å². The van der Waals surface area contributed by atoms with Gasteiger partial charge in [-0.25, -0.2) is 0 Å². The van der Waals surface area contributed by atoms with Crippen LogP contribution in [0, 0.1) is 0 Å². The Morgan fingerprint density at radius 1 is 1.50 bits per heavy atom. The molecule has 18 heavy (non-hydrogen) atoms. The molecule has 0 aliphatic heterocycles. The average Bonchev–Trinajstić information content (AvgIpc) is 2.81. The van der Waals surface area contributed by atoms with Crippen LogP contribution in [0.5, 0.6) is 5.06 Å². The zero-order valence-electron chi connectivity index (χ0n) is 10.9. The number of hydrogen-bond donors (Lipinski definition) is 3. The average molecular weight is 272 g/mol. The zero-order chi connectivity index (χ0) is 13.5. The molecule has 0 bridgehead atoms. The maximum absolute atomic E-state index is 11.3. The number of aliphatic hydroxyl groups excluding tert-OH is 1. The van der Waals surface area contributed by atoms with Gasteiger partial charge in [-0.05, 0) is 12.1 Å². The first-order valence-corrected chi connectivity index (χ1v) is 6.70. The summed E-state index contributed by atoms with van der Waals surface area (Å²) in [5.41, 5.74) is 0. The maximum atomic E-state index is 11.3. The van der Waals surface area contributed by atoms with Crippen LogP contribution in [0.4, 0.5) is 0 Å². The predicted octanol–water partition coefficient (Wildman–Crippen LogP) is 0.845. The summed E-state index contributed by atoms with van der Waals surface area (Å²) in [6.07, 6.45) is -0.557. The van der Waals surface area contributed by atoms with Crippen molar-refractivity contribution in [1.29, 1.82) is 0 Å². The third-order valence-electron chi connectivity index (χ3n) is 2.21. The highest BCUT2D eigenvalue weighted by Crippen LogP contribution is 2.24. The third-order valence-corrected chi connectivity index (χ3v) is 3.21. The minimum Gasteiger partial charge on any atom is -0.481 e. The normalized spacial score (nSPS) is 12.5. The topological polar surface area (TPSA) is 70.6 Å². The van der Waals surface area contributed by atoms with Crippen molar-refractivity contribution in [3.63, 3.8) is 0 Å². The monoisotopic (exact) mass is 272 g/mol. The molecule has 0 aliphatic carbocycles. The van der Waals surface area contributed by atoms with Gasteiger partial charge < -0.3 is 20.5 Å². The molecule has 1 unspecified atom stereocenters. The molecule has 5 nitrogen and oxygen atoms in total. The number of hydrogen-bond acceptors (Lipinski definition) is 5. The van der Waals surface area contributed by atoms with Gasteiger partial charge in [0.2, 0.25) is 0 Å². The smallest absolute Gasteiger partial charge is 0.261 e. The van der Waals surface area contributed by atoms with E-state index in [-0.39, 0.29) is 12.5 Å². The van der Waals surface area contributed by atoms with E-state index >= 15 is 0 Å². The number of aliphatic hydroxyl groups is 1. The van der Waals surface area contributed by atoms with Crippen LogP contribution in [0.25, 0.3) is 0 Å². The first-order valence-electron chi connectivity index (χ1n) is 5.89. The lowest BCUT2D eigenvalue weighted by Gasteiger charge is -2.14. The number of carbonyl (C=O) groups is 1. The molecular weight excluding hydrogens is 252 g/mol. The second kappa shape index (κ2) is 7.35. The van der Waals surface area contributed by atoms with E-state index in [1.807, 2.05) is 13.8 Å². The third kappa shape index (κ3) is 5.03. The van der Waals surface area contributed by atoms with Gasteiger partial charge in [0.25, 0.3) is 5.91 Å². The van der Waals surface area contributed by atoms with Crippen molar-refractivity contribution in [3.8, 4) is 5.06 Å². The van der Waals surface area contributed by atoms with Gasteiger partial charge in [-0.2, -0.15) is 0 Å². The van der Waals surface area contributed by atoms with Crippen molar-refractivity contribution < 1.29 is 14.6 Å². The molecule has 0 radical (unpaired) electrons. The van der Waals surface area contributed by atoms with Crippen LogP contribution in [0.2, 0.25) is 0 Å². The molecule has 0 aliphatic rings. The minimum absolute atomic E-state index is 0.128. The van der Waals surface area contributed by atoms with Gasteiger partial charge in [0, 0.05) is 19.6 Å². The molecule has 0 fully saturated rings. The quantitative estimate of drug-likeness (QED) is 0.688. The van der Waals surface area contributed by atoms with E-state index in [4.69, 9.17) is 4.74 Å². The summed E-state index contributed by atoms with van der Waals surface area (Å²) in [5, 5.41) is 16.0. The Hall–Kier alpha value is -1.11. The number of rotatable bonds is 7. The number of amides is 1.